The molecule has 1 heterocycles. The number of hydrogen-bond acceptors (Lipinski definition) is 3. The highest BCUT2D eigenvalue weighted by Crippen LogP contribution is 2.35. The molecule has 2 aromatic carbocycles. The highest BCUT2D eigenvalue weighted by molar-refractivity contribution is 6.06. The number of fused-ring (bicyclic) bond motifs is 3. The Morgan fingerprint density at radius 3 is 2.79 bits per heavy atom. The molecule has 1 aromatic heterocycles. The Hall–Kier alpha value is -2.26. The Bertz CT molecular complexity index is 832. The molecular formula is C21H25NO2. The third kappa shape index (κ3) is 3.46. The van der Waals surface area contributed by atoms with Crippen LogP contribution in [0.3, 0.4) is 0 Å². The lowest BCUT2D eigenvalue weighted by Gasteiger charge is -2.12. The standard InChI is InChI=1S/C21H25NO2/c1-4-8-18-19(23-14-7-13-22-15(2)3)12-11-17-16-9-5-6-10-20(16)24-21(17)18/h4-6,9-12,15,22H,1,7-8,13-14H2,2-3H3. The molecule has 0 bridgehead atoms. The van der Waals surface area contributed by atoms with Gasteiger partial charge in [0.05, 0.1) is 6.61 Å². The van der Waals surface area contributed by atoms with Crippen molar-refractivity contribution in [1.29, 1.82) is 0 Å². The molecule has 3 aromatic rings. The Labute approximate surface area is 143 Å². The summed E-state index contributed by atoms with van der Waals surface area (Å²) in [6.45, 7) is 9.83. The zero-order valence-electron chi connectivity index (χ0n) is 14.5. The monoisotopic (exact) mass is 323 g/mol. The fraction of sp³-hybridized carbons (Fsp3) is 0.333. The first-order chi connectivity index (χ1) is 11.7. The van der Waals surface area contributed by atoms with Crippen LogP contribution in [-0.2, 0) is 6.42 Å². The molecule has 0 radical (unpaired) electrons. The molecule has 0 spiro atoms. The zero-order valence-corrected chi connectivity index (χ0v) is 14.5. The van der Waals surface area contributed by atoms with Gasteiger partial charge in [-0.25, -0.2) is 0 Å². The maximum Gasteiger partial charge on any atom is 0.142 e. The van der Waals surface area contributed by atoms with Gasteiger partial charge >= 0.3 is 0 Å². The molecule has 3 heteroatoms. The van der Waals surface area contributed by atoms with E-state index < -0.39 is 0 Å². The van der Waals surface area contributed by atoms with E-state index in [2.05, 4.69) is 43.9 Å². The van der Waals surface area contributed by atoms with Crippen LogP contribution in [0.1, 0.15) is 25.8 Å². The molecule has 0 amide bonds. The summed E-state index contributed by atoms with van der Waals surface area (Å²) in [5.41, 5.74) is 2.90. The van der Waals surface area contributed by atoms with E-state index in [4.69, 9.17) is 9.15 Å². The second-order valence-corrected chi connectivity index (χ2v) is 6.32. The van der Waals surface area contributed by atoms with E-state index >= 15 is 0 Å². The van der Waals surface area contributed by atoms with Gasteiger partial charge in [0.25, 0.3) is 0 Å². The maximum atomic E-state index is 6.10. The number of allylic oxidation sites excluding steroid dienone is 1. The number of ether oxygens (including phenoxy) is 1. The van der Waals surface area contributed by atoms with Crippen LogP contribution in [-0.4, -0.2) is 19.2 Å². The van der Waals surface area contributed by atoms with Crippen molar-refractivity contribution in [3.8, 4) is 5.75 Å². The smallest absolute Gasteiger partial charge is 0.142 e. The average Bonchev–Trinajstić information content (AvgIpc) is 2.95. The Balaban J connectivity index is 1.86. The number of furan rings is 1. The van der Waals surface area contributed by atoms with Crippen molar-refractivity contribution < 1.29 is 9.15 Å². The summed E-state index contributed by atoms with van der Waals surface area (Å²) in [6.07, 6.45) is 3.61. The summed E-state index contributed by atoms with van der Waals surface area (Å²) < 4.78 is 12.1. The number of rotatable bonds is 8. The minimum absolute atomic E-state index is 0.508. The van der Waals surface area contributed by atoms with Crippen LogP contribution in [0.15, 0.2) is 53.5 Å². The molecule has 0 fully saturated rings. The molecule has 24 heavy (non-hydrogen) atoms. The normalized spacial score (nSPS) is 11.5. The molecule has 0 aliphatic carbocycles. The van der Waals surface area contributed by atoms with Crippen LogP contribution in [0.5, 0.6) is 5.75 Å². The molecule has 1 N–H and O–H groups in total. The van der Waals surface area contributed by atoms with Crippen LogP contribution >= 0.6 is 0 Å². The molecule has 0 atom stereocenters. The van der Waals surface area contributed by atoms with Gasteiger partial charge in [0, 0.05) is 22.4 Å². The first kappa shape index (κ1) is 16.6. The molecule has 3 nitrogen and oxygen atoms in total. The van der Waals surface area contributed by atoms with E-state index in [0.717, 1.165) is 52.6 Å². The fourth-order valence-corrected chi connectivity index (χ4v) is 2.94. The third-order valence-electron chi connectivity index (χ3n) is 4.09. The molecule has 0 unspecified atom stereocenters. The molecule has 3 rings (SSSR count). The number of para-hydroxylation sites is 1. The highest BCUT2D eigenvalue weighted by Gasteiger charge is 2.14. The summed E-state index contributed by atoms with van der Waals surface area (Å²) in [7, 11) is 0. The molecule has 0 saturated heterocycles. The Morgan fingerprint density at radius 2 is 2.00 bits per heavy atom. The van der Waals surface area contributed by atoms with Gasteiger partial charge in [-0.1, -0.05) is 38.1 Å². The van der Waals surface area contributed by atoms with E-state index in [1.165, 1.54) is 0 Å². The van der Waals surface area contributed by atoms with E-state index in [-0.39, 0.29) is 0 Å². The summed E-state index contributed by atoms with van der Waals surface area (Å²) >= 11 is 0. The van der Waals surface area contributed by atoms with Crippen LogP contribution in [0.25, 0.3) is 21.9 Å². The summed E-state index contributed by atoms with van der Waals surface area (Å²) in [5.74, 6) is 0.894. The van der Waals surface area contributed by atoms with Crippen molar-refractivity contribution in [2.24, 2.45) is 0 Å². The number of nitrogens with one attached hydrogen (secondary N) is 1. The van der Waals surface area contributed by atoms with Crippen molar-refractivity contribution in [3.63, 3.8) is 0 Å². The van der Waals surface area contributed by atoms with Crippen molar-refractivity contribution in [2.75, 3.05) is 13.2 Å². The molecule has 0 aliphatic heterocycles. The van der Waals surface area contributed by atoms with Gasteiger partial charge < -0.3 is 14.5 Å². The third-order valence-corrected chi connectivity index (χ3v) is 4.09. The lowest BCUT2D eigenvalue weighted by molar-refractivity contribution is 0.304. The first-order valence-corrected chi connectivity index (χ1v) is 8.61. The largest absolute Gasteiger partial charge is 0.493 e. The lowest BCUT2D eigenvalue weighted by Crippen LogP contribution is -2.24. The molecule has 0 aliphatic rings. The van der Waals surface area contributed by atoms with Gasteiger partial charge in [0.1, 0.15) is 16.9 Å². The SMILES string of the molecule is C=CCc1c(OCCCNC(C)C)ccc2c1oc1ccccc12. The minimum Gasteiger partial charge on any atom is -0.493 e. The van der Waals surface area contributed by atoms with Crippen molar-refractivity contribution >= 4 is 21.9 Å². The second-order valence-electron chi connectivity index (χ2n) is 6.32. The van der Waals surface area contributed by atoms with Gasteiger partial charge in [-0.3, -0.25) is 0 Å². The van der Waals surface area contributed by atoms with Crippen LogP contribution in [0.2, 0.25) is 0 Å². The van der Waals surface area contributed by atoms with Crippen molar-refractivity contribution in [3.05, 3.63) is 54.6 Å². The van der Waals surface area contributed by atoms with Gasteiger partial charge in [-0.2, -0.15) is 0 Å². The molecule has 0 saturated carbocycles. The van der Waals surface area contributed by atoms with Crippen LogP contribution < -0.4 is 10.1 Å². The van der Waals surface area contributed by atoms with Crippen molar-refractivity contribution in [2.45, 2.75) is 32.7 Å². The average molecular weight is 323 g/mol. The topological polar surface area (TPSA) is 34.4 Å². The van der Waals surface area contributed by atoms with Gasteiger partial charge in [0.2, 0.25) is 0 Å². The zero-order chi connectivity index (χ0) is 16.9. The molecule has 126 valence electrons. The van der Waals surface area contributed by atoms with E-state index in [1.807, 2.05) is 24.3 Å². The van der Waals surface area contributed by atoms with E-state index in [0.29, 0.717) is 12.6 Å². The predicted molar refractivity (Wildman–Crippen MR) is 101 cm³/mol. The van der Waals surface area contributed by atoms with Gasteiger partial charge in [0.15, 0.2) is 0 Å². The summed E-state index contributed by atoms with van der Waals surface area (Å²) in [5, 5.41) is 5.68. The summed E-state index contributed by atoms with van der Waals surface area (Å²) in [6, 6.07) is 12.8. The number of hydrogen-bond donors (Lipinski definition) is 1. The second kappa shape index (κ2) is 7.54. The predicted octanol–water partition coefficient (Wildman–Crippen LogP) is 5.08. The fourth-order valence-electron chi connectivity index (χ4n) is 2.94. The maximum absolute atomic E-state index is 6.10. The summed E-state index contributed by atoms with van der Waals surface area (Å²) in [4.78, 5) is 0. The van der Waals surface area contributed by atoms with Crippen molar-refractivity contribution in [1.82, 2.24) is 5.32 Å². The Morgan fingerprint density at radius 1 is 1.17 bits per heavy atom. The Kier molecular flexibility index (Phi) is 5.21. The first-order valence-electron chi connectivity index (χ1n) is 8.61. The van der Waals surface area contributed by atoms with Gasteiger partial charge in [-0.05, 0) is 37.6 Å². The van der Waals surface area contributed by atoms with Crippen LogP contribution in [0.4, 0.5) is 0 Å². The van der Waals surface area contributed by atoms with Gasteiger partial charge in [-0.15, -0.1) is 6.58 Å². The quantitative estimate of drug-likeness (QED) is 0.463. The number of benzene rings is 2. The molecular weight excluding hydrogens is 298 g/mol. The highest BCUT2D eigenvalue weighted by atomic mass is 16.5. The van der Waals surface area contributed by atoms with E-state index in [9.17, 15) is 0 Å². The van der Waals surface area contributed by atoms with Crippen LogP contribution in [0, 0.1) is 0 Å². The lowest BCUT2D eigenvalue weighted by atomic mass is 10.1. The minimum atomic E-state index is 0.508. The van der Waals surface area contributed by atoms with E-state index in [1.54, 1.807) is 0 Å².